The van der Waals surface area contributed by atoms with Crippen molar-refractivity contribution in [2.75, 3.05) is 49.2 Å². The second-order valence-corrected chi connectivity index (χ2v) is 13.7. The normalized spacial score (nSPS) is 17.4. The molecule has 3 aliphatic rings. The minimum Gasteiger partial charge on any atom is -0.392 e. The largest absolute Gasteiger partial charge is 0.392 e. The van der Waals surface area contributed by atoms with E-state index in [0.717, 1.165) is 25.7 Å². The Hall–Kier alpha value is -4.36. The van der Waals surface area contributed by atoms with E-state index in [4.69, 9.17) is 0 Å². The number of rotatable bonds is 8. The van der Waals surface area contributed by atoms with E-state index in [2.05, 4.69) is 24.4 Å². The van der Waals surface area contributed by atoms with Crippen LogP contribution >= 0.6 is 0 Å². The molecule has 252 valence electrons. The quantitative estimate of drug-likeness (QED) is 0.296. The van der Waals surface area contributed by atoms with Crippen LogP contribution in [-0.2, 0) is 33.0 Å². The molecule has 7 rings (SSSR count). The van der Waals surface area contributed by atoms with Crippen molar-refractivity contribution < 1.29 is 15.0 Å². The van der Waals surface area contributed by atoms with Gasteiger partial charge in [0.25, 0.3) is 11.5 Å². The Balaban J connectivity index is 1.26. The Morgan fingerprint density at radius 1 is 0.938 bits per heavy atom. The Labute approximate surface area is 280 Å². The predicted molar refractivity (Wildman–Crippen MR) is 184 cm³/mol. The Kier molecular flexibility index (Phi) is 8.67. The Morgan fingerprint density at radius 2 is 1.73 bits per heavy atom. The monoisotopic (exact) mass is 652 g/mol. The highest BCUT2D eigenvalue weighted by Crippen LogP contribution is 2.35. The summed E-state index contributed by atoms with van der Waals surface area (Å²) in [6, 6.07) is 11.3. The van der Waals surface area contributed by atoms with Gasteiger partial charge in [0.1, 0.15) is 23.0 Å². The SMILES string of the molecule is Cn1cc(-c2ccnc(N3CCn4c(cc5c4CCCC5)C3=O)c2CO)cc(N(c2ccccn2)N2CCN(CC(C)(C)O)CC2)c1=O. The molecule has 12 heteroatoms. The van der Waals surface area contributed by atoms with E-state index in [1.165, 1.54) is 11.3 Å². The molecule has 0 aromatic carbocycles. The minimum absolute atomic E-state index is 0.110. The van der Waals surface area contributed by atoms with Gasteiger partial charge < -0.3 is 19.3 Å². The van der Waals surface area contributed by atoms with Gasteiger partial charge in [0.05, 0.1) is 12.2 Å². The first-order chi connectivity index (χ1) is 23.1. The lowest BCUT2D eigenvalue weighted by molar-refractivity contribution is 0.0176. The molecule has 1 amide bonds. The van der Waals surface area contributed by atoms with E-state index in [0.29, 0.717) is 85.5 Å². The molecule has 2 N–H and O–H groups in total. The first kappa shape index (κ1) is 32.2. The molecule has 0 saturated carbocycles. The van der Waals surface area contributed by atoms with E-state index in [-0.39, 0.29) is 18.1 Å². The fourth-order valence-electron chi connectivity index (χ4n) is 7.52. The van der Waals surface area contributed by atoms with Gasteiger partial charge in [-0.3, -0.25) is 24.4 Å². The van der Waals surface area contributed by atoms with Crippen LogP contribution < -0.4 is 15.5 Å². The second-order valence-electron chi connectivity index (χ2n) is 13.7. The van der Waals surface area contributed by atoms with Crippen molar-refractivity contribution in [3.05, 3.63) is 87.9 Å². The molecule has 4 aromatic heterocycles. The van der Waals surface area contributed by atoms with Gasteiger partial charge in [-0.15, -0.1) is 0 Å². The molecule has 2 aliphatic heterocycles. The van der Waals surface area contributed by atoms with Crippen LogP contribution in [0.4, 0.5) is 17.3 Å². The summed E-state index contributed by atoms with van der Waals surface area (Å²) in [5.41, 5.74) is 4.60. The van der Waals surface area contributed by atoms with Crippen LogP contribution in [0.1, 0.15) is 54.0 Å². The average Bonchev–Trinajstić information content (AvgIpc) is 3.47. The van der Waals surface area contributed by atoms with Crippen LogP contribution in [0.2, 0.25) is 0 Å². The van der Waals surface area contributed by atoms with Crippen molar-refractivity contribution in [1.29, 1.82) is 0 Å². The van der Waals surface area contributed by atoms with E-state index >= 15 is 0 Å². The molecule has 0 spiro atoms. The van der Waals surface area contributed by atoms with Crippen molar-refractivity contribution in [3.63, 3.8) is 0 Å². The highest BCUT2D eigenvalue weighted by Gasteiger charge is 2.33. The van der Waals surface area contributed by atoms with Crippen molar-refractivity contribution in [3.8, 4) is 11.1 Å². The zero-order valence-corrected chi connectivity index (χ0v) is 28.0. The maximum absolute atomic E-state index is 13.9. The highest BCUT2D eigenvalue weighted by atomic mass is 16.3. The van der Waals surface area contributed by atoms with E-state index in [1.807, 2.05) is 55.3 Å². The van der Waals surface area contributed by atoms with Crippen LogP contribution in [-0.4, -0.2) is 90.0 Å². The Bertz CT molecular complexity index is 1870. The lowest BCUT2D eigenvalue weighted by atomic mass is 9.98. The molecular weight excluding hydrogens is 608 g/mol. The molecule has 1 aliphatic carbocycles. The Morgan fingerprint density at radius 3 is 2.46 bits per heavy atom. The average molecular weight is 653 g/mol. The number of aromatic nitrogens is 4. The van der Waals surface area contributed by atoms with Crippen molar-refractivity contribution in [2.24, 2.45) is 7.05 Å². The number of nitrogens with zero attached hydrogens (tertiary/aromatic N) is 8. The summed E-state index contributed by atoms with van der Waals surface area (Å²) in [6.07, 6.45) is 9.42. The lowest BCUT2D eigenvalue weighted by Crippen LogP contribution is -2.55. The number of carbonyl (C=O) groups is 1. The summed E-state index contributed by atoms with van der Waals surface area (Å²) < 4.78 is 3.72. The summed E-state index contributed by atoms with van der Waals surface area (Å²) in [6.45, 7) is 7.68. The molecule has 1 saturated heterocycles. The number of pyridine rings is 3. The van der Waals surface area contributed by atoms with Gasteiger partial charge in [-0.05, 0) is 81.0 Å². The highest BCUT2D eigenvalue weighted by molar-refractivity contribution is 6.06. The predicted octanol–water partition coefficient (Wildman–Crippen LogP) is 3.12. The fourth-order valence-corrected chi connectivity index (χ4v) is 7.52. The number of aryl methyl sites for hydroxylation is 2. The van der Waals surface area contributed by atoms with E-state index in [1.54, 1.807) is 35.1 Å². The molecular formula is C36H44N8O4. The maximum Gasteiger partial charge on any atom is 0.276 e. The number of fused-ring (bicyclic) bond motifs is 3. The van der Waals surface area contributed by atoms with Gasteiger partial charge in [-0.2, -0.15) is 0 Å². The number of hydrogen-bond donors (Lipinski definition) is 2. The van der Waals surface area contributed by atoms with Gasteiger partial charge in [-0.25, -0.2) is 15.0 Å². The first-order valence-electron chi connectivity index (χ1n) is 16.9. The topological polar surface area (TPSA) is 123 Å². The smallest absolute Gasteiger partial charge is 0.276 e. The third-order valence-electron chi connectivity index (χ3n) is 9.68. The van der Waals surface area contributed by atoms with Crippen LogP contribution in [0, 0.1) is 0 Å². The van der Waals surface area contributed by atoms with Gasteiger partial charge >= 0.3 is 0 Å². The number of β-amino-alcohol motifs (C(OH)–C–C–N with tert-alkyl or cyclic N) is 1. The van der Waals surface area contributed by atoms with Crippen molar-refractivity contribution in [1.82, 2.24) is 29.0 Å². The number of anilines is 3. The zero-order chi connectivity index (χ0) is 33.6. The molecule has 4 aromatic rings. The minimum atomic E-state index is -0.802. The number of hydrazine groups is 1. The van der Waals surface area contributed by atoms with E-state index in [9.17, 15) is 19.8 Å². The summed E-state index contributed by atoms with van der Waals surface area (Å²) in [5, 5.41) is 25.2. The summed E-state index contributed by atoms with van der Waals surface area (Å²) in [7, 11) is 1.72. The lowest BCUT2D eigenvalue weighted by Gasteiger charge is -2.42. The number of aliphatic hydroxyl groups excluding tert-OH is 1. The fraction of sp³-hybridized carbons (Fsp3) is 0.444. The van der Waals surface area contributed by atoms with E-state index < -0.39 is 5.60 Å². The van der Waals surface area contributed by atoms with Crippen molar-refractivity contribution >= 4 is 23.2 Å². The second kappa shape index (κ2) is 12.9. The number of piperazine rings is 1. The number of hydrogen-bond acceptors (Lipinski definition) is 9. The molecule has 12 nitrogen and oxygen atoms in total. The molecule has 0 unspecified atom stereocenters. The number of amides is 1. The zero-order valence-electron chi connectivity index (χ0n) is 28.0. The third-order valence-corrected chi connectivity index (χ3v) is 9.68. The van der Waals surface area contributed by atoms with Crippen LogP contribution in [0.3, 0.4) is 0 Å². The standard InChI is InChI=1S/C36H44N8O4/c1-36(2,48)24-40-14-16-41(17-15-40)44(32-10-6-7-12-37-32)31-21-26(22-39(3)34(31)46)27-11-13-38-33(28(27)23-45)43-19-18-42-29-9-5-4-8-25(29)20-30(42)35(43)47/h6-7,10-13,20-22,45,48H,4-5,8-9,14-19,23-24H2,1-3H3. The van der Waals surface area contributed by atoms with Crippen LogP contribution in [0.15, 0.2) is 59.8 Å². The molecule has 0 atom stereocenters. The van der Waals surface area contributed by atoms with Gasteiger partial charge in [-0.1, -0.05) is 6.07 Å². The van der Waals surface area contributed by atoms with Crippen molar-refractivity contribution in [2.45, 2.75) is 58.3 Å². The molecule has 0 bridgehead atoms. The molecule has 48 heavy (non-hydrogen) atoms. The first-order valence-corrected chi connectivity index (χ1v) is 16.9. The number of aliphatic hydroxyl groups is 2. The van der Waals surface area contributed by atoms with Crippen LogP contribution in [0.25, 0.3) is 11.1 Å². The summed E-state index contributed by atoms with van der Waals surface area (Å²) in [5.74, 6) is 0.941. The molecule has 6 heterocycles. The van der Waals surface area contributed by atoms with Gasteiger partial charge in [0.15, 0.2) is 0 Å². The van der Waals surface area contributed by atoms with Gasteiger partial charge in [0.2, 0.25) is 0 Å². The molecule has 1 fully saturated rings. The maximum atomic E-state index is 13.9. The molecule has 0 radical (unpaired) electrons. The third kappa shape index (κ3) is 6.05. The number of carbonyl (C=O) groups excluding carboxylic acids is 1. The summed E-state index contributed by atoms with van der Waals surface area (Å²) in [4.78, 5) is 41.0. The van der Waals surface area contributed by atoms with Gasteiger partial charge in [0, 0.05) is 88.3 Å². The summed E-state index contributed by atoms with van der Waals surface area (Å²) >= 11 is 0. The van der Waals surface area contributed by atoms with Crippen LogP contribution in [0.5, 0.6) is 0 Å².